The number of nitrogens with zero attached hydrogens (tertiary/aromatic N) is 1. The summed E-state index contributed by atoms with van der Waals surface area (Å²) in [6, 6.07) is 10.8. The molecule has 7 heteroatoms. The van der Waals surface area contributed by atoms with Crippen LogP contribution in [0.3, 0.4) is 0 Å². The molecule has 0 aliphatic carbocycles. The van der Waals surface area contributed by atoms with E-state index in [-0.39, 0.29) is 24.2 Å². The summed E-state index contributed by atoms with van der Waals surface area (Å²) in [6.07, 6.45) is 1.80. The number of hydrogen-bond donors (Lipinski definition) is 1. The number of furan rings is 1. The van der Waals surface area contributed by atoms with E-state index in [9.17, 15) is 9.59 Å². The lowest BCUT2D eigenvalue weighted by molar-refractivity contribution is -0.129. The monoisotopic (exact) mass is 358 g/mol. The fourth-order valence-corrected chi connectivity index (χ4v) is 2.85. The van der Waals surface area contributed by atoms with Crippen molar-refractivity contribution in [1.29, 1.82) is 0 Å². The number of hydrogen-bond acceptors (Lipinski definition) is 5. The maximum absolute atomic E-state index is 12.2. The molecule has 1 fully saturated rings. The SMILES string of the molecule is COc1ccc(OCCNC(=O)C2CC(=O)N(Cc3ccco3)C2)cc1. The van der Waals surface area contributed by atoms with Gasteiger partial charge < -0.3 is 24.1 Å². The van der Waals surface area contributed by atoms with Gasteiger partial charge >= 0.3 is 0 Å². The number of benzene rings is 1. The van der Waals surface area contributed by atoms with Gasteiger partial charge in [-0.3, -0.25) is 9.59 Å². The van der Waals surface area contributed by atoms with Gasteiger partial charge in [-0.25, -0.2) is 0 Å². The third-order valence-electron chi connectivity index (χ3n) is 4.24. The van der Waals surface area contributed by atoms with Gasteiger partial charge in [-0.1, -0.05) is 0 Å². The first kappa shape index (κ1) is 17.8. The van der Waals surface area contributed by atoms with E-state index in [0.29, 0.717) is 37.8 Å². The Hall–Kier alpha value is -2.96. The molecule has 1 aliphatic heterocycles. The van der Waals surface area contributed by atoms with Crippen molar-refractivity contribution in [2.45, 2.75) is 13.0 Å². The standard InChI is InChI=1S/C19H22N2O5/c1-24-15-4-6-16(7-5-15)26-10-8-20-19(23)14-11-18(22)21(12-14)13-17-3-2-9-25-17/h2-7,9,14H,8,10-13H2,1H3,(H,20,23). The second-order valence-corrected chi connectivity index (χ2v) is 6.07. The average Bonchev–Trinajstić information content (AvgIpc) is 3.30. The lowest BCUT2D eigenvalue weighted by atomic mass is 10.1. The molecule has 1 aromatic heterocycles. The van der Waals surface area contributed by atoms with Gasteiger partial charge in [0.2, 0.25) is 11.8 Å². The molecule has 2 aromatic rings. The largest absolute Gasteiger partial charge is 0.497 e. The van der Waals surface area contributed by atoms with Crippen LogP contribution >= 0.6 is 0 Å². The van der Waals surface area contributed by atoms with E-state index in [4.69, 9.17) is 13.9 Å². The molecule has 0 radical (unpaired) electrons. The quantitative estimate of drug-likeness (QED) is 0.728. The number of ether oxygens (including phenoxy) is 2. The smallest absolute Gasteiger partial charge is 0.225 e. The summed E-state index contributed by atoms with van der Waals surface area (Å²) >= 11 is 0. The lowest BCUT2D eigenvalue weighted by Gasteiger charge is -2.15. The van der Waals surface area contributed by atoms with Crippen LogP contribution in [-0.4, -0.2) is 43.5 Å². The zero-order chi connectivity index (χ0) is 18.4. The molecule has 1 aromatic carbocycles. The van der Waals surface area contributed by atoms with E-state index < -0.39 is 0 Å². The third kappa shape index (κ3) is 4.56. The molecular formula is C19H22N2O5. The highest BCUT2D eigenvalue weighted by molar-refractivity contribution is 5.89. The number of amides is 2. The van der Waals surface area contributed by atoms with Crippen molar-refractivity contribution in [3.8, 4) is 11.5 Å². The Morgan fingerprint density at radius 3 is 2.73 bits per heavy atom. The fraction of sp³-hybridized carbons (Fsp3) is 0.368. The highest BCUT2D eigenvalue weighted by Gasteiger charge is 2.34. The predicted octanol–water partition coefficient (Wildman–Crippen LogP) is 1.83. The summed E-state index contributed by atoms with van der Waals surface area (Å²) in [4.78, 5) is 25.9. The highest BCUT2D eigenvalue weighted by Crippen LogP contribution is 2.20. The van der Waals surface area contributed by atoms with Crippen molar-refractivity contribution in [1.82, 2.24) is 10.2 Å². The first-order valence-corrected chi connectivity index (χ1v) is 8.50. The third-order valence-corrected chi connectivity index (χ3v) is 4.24. The van der Waals surface area contributed by atoms with E-state index in [1.807, 2.05) is 30.3 Å². The van der Waals surface area contributed by atoms with Gasteiger partial charge in [0, 0.05) is 13.0 Å². The molecule has 2 heterocycles. The van der Waals surface area contributed by atoms with Crippen molar-refractivity contribution in [2.24, 2.45) is 5.92 Å². The summed E-state index contributed by atoms with van der Waals surface area (Å²) in [5.74, 6) is 1.69. The minimum Gasteiger partial charge on any atom is -0.497 e. The molecule has 0 saturated carbocycles. The second kappa shape index (κ2) is 8.42. The molecular weight excluding hydrogens is 336 g/mol. The van der Waals surface area contributed by atoms with Crippen LogP contribution in [0.5, 0.6) is 11.5 Å². The number of likely N-dealkylation sites (tertiary alicyclic amines) is 1. The molecule has 26 heavy (non-hydrogen) atoms. The lowest BCUT2D eigenvalue weighted by Crippen LogP contribution is -2.35. The first-order valence-electron chi connectivity index (χ1n) is 8.50. The molecule has 1 atom stereocenters. The maximum Gasteiger partial charge on any atom is 0.225 e. The minimum absolute atomic E-state index is 0.0315. The van der Waals surface area contributed by atoms with Gasteiger partial charge in [0.15, 0.2) is 0 Å². The Bertz CT molecular complexity index is 727. The van der Waals surface area contributed by atoms with E-state index in [0.717, 1.165) is 5.75 Å². The molecule has 138 valence electrons. The Kier molecular flexibility index (Phi) is 5.78. The zero-order valence-electron chi connectivity index (χ0n) is 14.6. The van der Waals surface area contributed by atoms with Crippen molar-refractivity contribution >= 4 is 11.8 Å². The van der Waals surface area contributed by atoms with Crippen LogP contribution in [0.15, 0.2) is 47.1 Å². The van der Waals surface area contributed by atoms with E-state index in [2.05, 4.69) is 5.32 Å². The zero-order valence-corrected chi connectivity index (χ0v) is 14.6. The topological polar surface area (TPSA) is 81.0 Å². The number of carbonyl (C=O) groups excluding carboxylic acids is 2. The summed E-state index contributed by atoms with van der Waals surface area (Å²) in [7, 11) is 1.61. The summed E-state index contributed by atoms with van der Waals surface area (Å²) in [5.41, 5.74) is 0. The molecule has 3 rings (SSSR count). The van der Waals surface area contributed by atoms with E-state index >= 15 is 0 Å². The fourth-order valence-electron chi connectivity index (χ4n) is 2.85. The average molecular weight is 358 g/mol. The van der Waals surface area contributed by atoms with Gasteiger partial charge in [-0.05, 0) is 36.4 Å². The van der Waals surface area contributed by atoms with Crippen LogP contribution < -0.4 is 14.8 Å². The summed E-state index contributed by atoms with van der Waals surface area (Å²) < 4.78 is 15.9. The van der Waals surface area contributed by atoms with Gasteiger partial charge in [0.1, 0.15) is 23.9 Å². The molecule has 1 N–H and O–H groups in total. The van der Waals surface area contributed by atoms with Crippen LogP contribution in [-0.2, 0) is 16.1 Å². The molecule has 1 saturated heterocycles. The Morgan fingerprint density at radius 2 is 2.04 bits per heavy atom. The van der Waals surface area contributed by atoms with Crippen LogP contribution in [0.25, 0.3) is 0 Å². The molecule has 0 spiro atoms. The molecule has 1 unspecified atom stereocenters. The van der Waals surface area contributed by atoms with Crippen LogP contribution in [0.1, 0.15) is 12.2 Å². The normalized spacial score (nSPS) is 16.6. The molecule has 0 bridgehead atoms. The van der Waals surface area contributed by atoms with Crippen LogP contribution in [0.4, 0.5) is 0 Å². The van der Waals surface area contributed by atoms with Gasteiger partial charge in [0.05, 0.1) is 32.4 Å². The Labute approximate surface area is 151 Å². The van der Waals surface area contributed by atoms with E-state index in [1.54, 1.807) is 24.3 Å². The van der Waals surface area contributed by atoms with Gasteiger partial charge in [-0.15, -0.1) is 0 Å². The van der Waals surface area contributed by atoms with Crippen LogP contribution in [0.2, 0.25) is 0 Å². The number of nitrogens with one attached hydrogen (secondary N) is 1. The number of methoxy groups -OCH3 is 1. The van der Waals surface area contributed by atoms with Crippen molar-refractivity contribution in [3.63, 3.8) is 0 Å². The minimum atomic E-state index is -0.335. The Morgan fingerprint density at radius 1 is 1.27 bits per heavy atom. The van der Waals surface area contributed by atoms with Gasteiger partial charge in [0.25, 0.3) is 0 Å². The van der Waals surface area contributed by atoms with Crippen LogP contribution in [0, 0.1) is 5.92 Å². The molecule has 2 amide bonds. The van der Waals surface area contributed by atoms with Crippen molar-refractivity contribution in [3.05, 3.63) is 48.4 Å². The first-order chi connectivity index (χ1) is 12.7. The maximum atomic E-state index is 12.2. The second-order valence-electron chi connectivity index (χ2n) is 6.07. The predicted molar refractivity (Wildman–Crippen MR) is 93.7 cm³/mol. The molecule has 7 nitrogen and oxygen atoms in total. The molecule has 1 aliphatic rings. The van der Waals surface area contributed by atoms with E-state index in [1.165, 1.54) is 0 Å². The van der Waals surface area contributed by atoms with Crippen molar-refractivity contribution < 1.29 is 23.5 Å². The Balaban J connectivity index is 1.38. The highest BCUT2D eigenvalue weighted by atomic mass is 16.5. The number of carbonyl (C=O) groups is 2. The van der Waals surface area contributed by atoms with Crippen molar-refractivity contribution in [2.75, 3.05) is 26.8 Å². The number of rotatable bonds is 8. The summed E-state index contributed by atoms with van der Waals surface area (Å²) in [6.45, 7) is 1.55. The summed E-state index contributed by atoms with van der Waals surface area (Å²) in [5, 5.41) is 2.83. The van der Waals surface area contributed by atoms with Gasteiger partial charge in [-0.2, -0.15) is 0 Å².